The highest BCUT2D eigenvalue weighted by Crippen LogP contribution is 2.23. The Bertz CT molecular complexity index is 914. The second kappa shape index (κ2) is 8.45. The number of imidazole rings is 1. The summed E-state index contributed by atoms with van der Waals surface area (Å²) < 4.78 is 10.5. The number of hydrogen-bond acceptors (Lipinski definition) is 6. The first-order valence-corrected chi connectivity index (χ1v) is 9.02. The summed E-state index contributed by atoms with van der Waals surface area (Å²) in [5.74, 6) is 1.59. The Hall–Kier alpha value is -2.92. The predicted molar refractivity (Wildman–Crippen MR) is 97.7 cm³/mol. The van der Waals surface area contributed by atoms with Crippen LogP contribution in [0.1, 0.15) is 12.2 Å². The Labute approximate surface area is 154 Å². The average molecular weight is 370 g/mol. The first-order valence-electron chi connectivity index (χ1n) is 8.03. The van der Waals surface area contributed by atoms with E-state index in [-0.39, 0.29) is 18.1 Å². The number of methoxy groups -OCH3 is 1. The van der Waals surface area contributed by atoms with Crippen molar-refractivity contribution >= 4 is 28.7 Å². The highest BCUT2D eigenvalue weighted by Gasteiger charge is 2.16. The number of hydrogen-bond donors (Lipinski definition) is 1. The molecule has 26 heavy (non-hydrogen) atoms. The van der Waals surface area contributed by atoms with Crippen molar-refractivity contribution in [3.8, 4) is 11.8 Å². The molecule has 0 bridgehead atoms. The summed E-state index contributed by atoms with van der Waals surface area (Å²) in [6.45, 7) is 0.722. The van der Waals surface area contributed by atoms with E-state index in [1.54, 1.807) is 24.3 Å². The van der Waals surface area contributed by atoms with Crippen LogP contribution >= 0.6 is 11.8 Å². The molecule has 1 amide bonds. The summed E-state index contributed by atoms with van der Waals surface area (Å²) in [5, 5.41) is 9.48. The number of H-pyrrole nitrogens is 1. The molecule has 2 heterocycles. The van der Waals surface area contributed by atoms with Gasteiger partial charge in [-0.25, -0.2) is 4.98 Å². The summed E-state index contributed by atoms with van der Waals surface area (Å²) in [6.07, 6.45) is 1.85. The van der Waals surface area contributed by atoms with Gasteiger partial charge < -0.3 is 19.0 Å². The predicted octanol–water partition coefficient (Wildman–Crippen LogP) is 3.20. The Balaban J connectivity index is 1.64. The van der Waals surface area contributed by atoms with Crippen LogP contribution in [0, 0.1) is 11.3 Å². The SMILES string of the molecule is COc1ccc2nc(SCC(=O)N(CCC#N)Cc3ccco3)[nH]c2c1. The zero-order chi connectivity index (χ0) is 18.4. The van der Waals surface area contributed by atoms with Gasteiger partial charge in [0, 0.05) is 12.6 Å². The van der Waals surface area contributed by atoms with Gasteiger partial charge in [-0.3, -0.25) is 4.79 Å². The number of ether oxygens (including phenoxy) is 1. The number of thioether (sulfide) groups is 1. The number of amides is 1. The van der Waals surface area contributed by atoms with E-state index in [9.17, 15) is 4.79 Å². The quantitative estimate of drug-likeness (QED) is 0.612. The van der Waals surface area contributed by atoms with Gasteiger partial charge in [0.15, 0.2) is 5.16 Å². The lowest BCUT2D eigenvalue weighted by Gasteiger charge is -2.20. The van der Waals surface area contributed by atoms with E-state index in [2.05, 4.69) is 16.0 Å². The van der Waals surface area contributed by atoms with E-state index in [1.165, 1.54) is 11.8 Å². The molecule has 0 aliphatic heterocycles. The van der Waals surface area contributed by atoms with Crippen LogP contribution in [0.2, 0.25) is 0 Å². The molecule has 0 aliphatic carbocycles. The van der Waals surface area contributed by atoms with Crippen LogP contribution in [0.15, 0.2) is 46.2 Å². The van der Waals surface area contributed by atoms with Gasteiger partial charge in [0.25, 0.3) is 0 Å². The molecular weight excluding hydrogens is 352 g/mol. The number of aromatic amines is 1. The van der Waals surface area contributed by atoms with Gasteiger partial charge in [-0.1, -0.05) is 11.8 Å². The molecule has 3 rings (SSSR count). The number of carbonyl (C=O) groups is 1. The Kier molecular flexibility index (Phi) is 5.81. The minimum atomic E-state index is -0.0697. The number of aromatic nitrogens is 2. The van der Waals surface area contributed by atoms with Crippen LogP contribution in [0.3, 0.4) is 0 Å². The molecule has 0 spiro atoms. The van der Waals surface area contributed by atoms with Gasteiger partial charge in [0.05, 0.1) is 49.2 Å². The van der Waals surface area contributed by atoms with Gasteiger partial charge >= 0.3 is 0 Å². The van der Waals surface area contributed by atoms with Gasteiger partial charge in [-0.2, -0.15) is 5.26 Å². The molecule has 8 heteroatoms. The van der Waals surface area contributed by atoms with E-state index < -0.39 is 0 Å². The summed E-state index contributed by atoms with van der Waals surface area (Å²) in [7, 11) is 1.61. The van der Waals surface area contributed by atoms with Crippen molar-refractivity contribution in [3.63, 3.8) is 0 Å². The second-order valence-corrected chi connectivity index (χ2v) is 6.48. The topological polar surface area (TPSA) is 95.2 Å². The third-order valence-corrected chi connectivity index (χ3v) is 4.63. The fourth-order valence-electron chi connectivity index (χ4n) is 2.45. The Morgan fingerprint density at radius 3 is 3.08 bits per heavy atom. The lowest BCUT2D eigenvalue weighted by Crippen LogP contribution is -2.32. The molecule has 0 aliphatic rings. The van der Waals surface area contributed by atoms with Gasteiger partial charge in [-0.15, -0.1) is 0 Å². The Morgan fingerprint density at radius 2 is 2.35 bits per heavy atom. The maximum atomic E-state index is 12.6. The lowest BCUT2D eigenvalue weighted by atomic mass is 10.3. The van der Waals surface area contributed by atoms with Crippen molar-refractivity contribution in [3.05, 3.63) is 42.4 Å². The van der Waals surface area contributed by atoms with E-state index in [0.29, 0.717) is 24.0 Å². The van der Waals surface area contributed by atoms with Crippen molar-refractivity contribution in [2.45, 2.75) is 18.1 Å². The molecule has 0 saturated heterocycles. The first-order chi connectivity index (χ1) is 12.7. The number of nitrogens with zero attached hydrogens (tertiary/aromatic N) is 3. The highest BCUT2D eigenvalue weighted by molar-refractivity contribution is 7.99. The van der Waals surface area contributed by atoms with Crippen LogP contribution in [0.25, 0.3) is 11.0 Å². The fraction of sp³-hybridized carbons (Fsp3) is 0.278. The average Bonchev–Trinajstić information content (AvgIpc) is 3.31. The van der Waals surface area contributed by atoms with Crippen LogP contribution < -0.4 is 4.74 Å². The van der Waals surface area contributed by atoms with Crippen molar-refractivity contribution in [1.82, 2.24) is 14.9 Å². The van der Waals surface area contributed by atoms with Crippen LogP contribution in [-0.4, -0.2) is 40.2 Å². The second-order valence-electron chi connectivity index (χ2n) is 5.52. The van der Waals surface area contributed by atoms with E-state index >= 15 is 0 Å². The summed E-state index contributed by atoms with van der Waals surface area (Å²) in [4.78, 5) is 21.8. The smallest absolute Gasteiger partial charge is 0.233 e. The molecule has 2 aromatic heterocycles. The number of rotatable bonds is 8. The van der Waals surface area contributed by atoms with Crippen molar-refractivity contribution in [2.75, 3.05) is 19.4 Å². The maximum Gasteiger partial charge on any atom is 0.233 e. The fourth-order valence-corrected chi connectivity index (χ4v) is 3.24. The first kappa shape index (κ1) is 17.9. The van der Waals surface area contributed by atoms with E-state index in [1.807, 2.05) is 24.3 Å². The molecule has 7 nitrogen and oxygen atoms in total. The molecule has 1 aromatic carbocycles. The Morgan fingerprint density at radius 1 is 1.46 bits per heavy atom. The molecule has 3 aromatic rings. The number of benzene rings is 1. The zero-order valence-corrected chi connectivity index (χ0v) is 15.1. The molecule has 0 radical (unpaired) electrons. The number of furan rings is 1. The van der Waals surface area contributed by atoms with Crippen LogP contribution in [0.4, 0.5) is 0 Å². The summed E-state index contributed by atoms with van der Waals surface area (Å²) in [6, 6.07) is 11.2. The molecular formula is C18H18N4O3S. The highest BCUT2D eigenvalue weighted by atomic mass is 32.2. The van der Waals surface area contributed by atoms with Crippen LogP contribution in [-0.2, 0) is 11.3 Å². The van der Waals surface area contributed by atoms with Gasteiger partial charge in [-0.05, 0) is 24.3 Å². The number of carbonyl (C=O) groups excluding carboxylic acids is 1. The normalized spacial score (nSPS) is 10.6. The van der Waals surface area contributed by atoms with Crippen molar-refractivity contribution < 1.29 is 13.9 Å². The minimum Gasteiger partial charge on any atom is -0.497 e. The number of fused-ring (bicyclic) bond motifs is 1. The largest absolute Gasteiger partial charge is 0.497 e. The van der Waals surface area contributed by atoms with Crippen molar-refractivity contribution in [1.29, 1.82) is 5.26 Å². The standard InChI is InChI=1S/C18H18N4O3S/c1-24-13-5-6-15-16(10-13)21-18(20-15)26-12-17(23)22(8-3-7-19)11-14-4-2-9-25-14/h2,4-6,9-10H,3,8,11-12H2,1H3,(H,20,21). The zero-order valence-electron chi connectivity index (χ0n) is 14.3. The molecule has 0 unspecified atom stereocenters. The van der Waals surface area contributed by atoms with Gasteiger partial charge in [0.2, 0.25) is 5.91 Å². The molecule has 1 N–H and O–H groups in total. The monoisotopic (exact) mass is 370 g/mol. The van der Waals surface area contributed by atoms with E-state index in [0.717, 1.165) is 16.8 Å². The number of nitriles is 1. The maximum absolute atomic E-state index is 12.6. The third-order valence-electron chi connectivity index (χ3n) is 3.77. The van der Waals surface area contributed by atoms with E-state index in [4.69, 9.17) is 14.4 Å². The van der Waals surface area contributed by atoms with Gasteiger partial charge in [0.1, 0.15) is 11.5 Å². The lowest BCUT2D eigenvalue weighted by molar-refractivity contribution is -0.129. The minimum absolute atomic E-state index is 0.0697. The molecule has 0 fully saturated rings. The van der Waals surface area contributed by atoms with Crippen LogP contribution in [0.5, 0.6) is 5.75 Å². The van der Waals surface area contributed by atoms with Crippen molar-refractivity contribution in [2.24, 2.45) is 0 Å². The third kappa shape index (κ3) is 4.37. The molecule has 134 valence electrons. The number of nitrogens with one attached hydrogen (secondary N) is 1. The summed E-state index contributed by atoms with van der Waals surface area (Å²) >= 11 is 1.33. The summed E-state index contributed by atoms with van der Waals surface area (Å²) in [5.41, 5.74) is 1.67. The molecule has 0 saturated carbocycles. The molecule has 0 atom stereocenters.